The van der Waals surface area contributed by atoms with E-state index in [0.717, 1.165) is 27.4 Å². The van der Waals surface area contributed by atoms with Gasteiger partial charge in [0.1, 0.15) is 0 Å². The van der Waals surface area contributed by atoms with Gasteiger partial charge in [-0.3, -0.25) is 0 Å². The Morgan fingerprint density at radius 3 is 1.39 bits per heavy atom. The van der Waals surface area contributed by atoms with Crippen molar-refractivity contribution in [3.63, 3.8) is 0 Å². The van der Waals surface area contributed by atoms with E-state index in [1.807, 2.05) is 110 Å². The minimum atomic E-state index is -2.94. The molecule has 0 saturated heterocycles. The molecular formula is C28H26NOP. The summed E-state index contributed by atoms with van der Waals surface area (Å²) in [5, 5.41) is 5.30. The highest BCUT2D eigenvalue weighted by Gasteiger charge is 2.25. The molecule has 0 saturated carbocycles. The molecule has 0 aromatic heterocycles. The van der Waals surface area contributed by atoms with Gasteiger partial charge in [-0.15, -0.1) is 0 Å². The molecule has 0 radical (unpaired) electrons. The minimum absolute atomic E-state index is 0.0290. The summed E-state index contributed by atoms with van der Waals surface area (Å²) in [4.78, 5) is 0. The Balaban J connectivity index is 1.75. The third-order valence-electron chi connectivity index (χ3n) is 5.29. The first-order chi connectivity index (χ1) is 15.2. The number of hydrogen-bond donors (Lipinski definition) is 1. The third-order valence-corrected chi connectivity index (χ3v) is 8.17. The van der Waals surface area contributed by atoms with E-state index >= 15 is 0 Å². The zero-order chi connectivity index (χ0) is 21.5. The molecular weight excluding hydrogens is 397 g/mol. The van der Waals surface area contributed by atoms with Crippen LogP contribution in [-0.2, 0) is 4.57 Å². The van der Waals surface area contributed by atoms with Crippen LogP contribution < -0.4 is 15.9 Å². The van der Waals surface area contributed by atoms with Crippen LogP contribution >= 0.6 is 7.14 Å². The highest BCUT2D eigenvalue weighted by atomic mass is 31.2. The fourth-order valence-corrected chi connectivity index (χ4v) is 6.23. The quantitative estimate of drug-likeness (QED) is 0.357. The Labute approximate surface area is 184 Å². The standard InChI is InChI=1S/C28H26NOP/c1-23(29-28(24-14-6-2-7-15-24)25-16-8-3-9-17-25)22-31(30,26-18-10-4-11-19-26)27-20-12-5-13-21-27/h2-22,28-29H,1H3/b23-22+. The minimum Gasteiger partial charge on any atom is -0.378 e. The Kier molecular flexibility index (Phi) is 6.50. The summed E-state index contributed by atoms with van der Waals surface area (Å²) < 4.78 is 14.4. The summed E-state index contributed by atoms with van der Waals surface area (Å²) in [7, 11) is -2.94. The van der Waals surface area contributed by atoms with E-state index < -0.39 is 7.14 Å². The molecule has 4 aromatic carbocycles. The van der Waals surface area contributed by atoms with Crippen molar-refractivity contribution < 1.29 is 4.57 Å². The van der Waals surface area contributed by atoms with Crippen LogP contribution in [0.15, 0.2) is 133 Å². The maximum absolute atomic E-state index is 14.4. The Hall–Kier alpha value is -3.35. The van der Waals surface area contributed by atoms with Crippen LogP contribution in [0.2, 0.25) is 0 Å². The van der Waals surface area contributed by atoms with E-state index in [2.05, 4.69) is 29.6 Å². The number of benzene rings is 4. The maximum atomic E-state index is 14.4. The molecule has 2 nitrogen and oxygen atoms in total. The summed E-state index contributed by atoms with van der Waals surface area (Å²) in [5.41, 5.74) is 3.21. The topological polar surface area (TPSA) is 29.1 Å². The van der Waals surface area contributed by atoms with Gasteiger partial charge in [0.25, 0.3) is 0 Å². The van der Waals surface area contributed by atoms with Gasteiger partial charge in [-0.25, -0.2) is 0 Å². The Morgan fingerprint density at radius 1 is 0.645 bits per heavy atom. The molecule has 0 fully saturated rings. The average Bonchev–Trinajstić information content (AvgIpc) is 2.84. The lowest BCUT2D eigenvalue weighted by atomic mass is 9.98. The summed E-state index contributed by atoms with van der Waals surface area (Å²) in [5.74, 6) is 1.91. The van der Waals surface area contributed by atoms with Gasteiger partial charge in [-0.05, 0) is 18.1 Å². The van der Waals surface area contributed by atoms with Gasteiger partial charge in [0.05, 0.1) is 6.04 Å². The van der Waals surface area contributed by atoms with Crippen LogP contribution in [0.5, 0.6) is 0 Å². The first kappa shape index (κ1) is 20.9. The lowest BCUT2D eigenvalue weighted by Crippen LogP contribution is -2.22. The molecule has 0 amide bonds. The van der Waals surface area contributed by atoms with Gasteiger partial charge < -0.3 is 9.88 Å². The number of hydrogen-bond acceptors (Lipinski definition) is 2. The molecule has 154 valence electrons. The van der Waals surface area contributed by atoms with Crippen LogP contribution in [0.25, 0.3) is 0 Å². The smallest absolute Gasteiger partial charge is 0.165 e. The normalized spacial score (nSPS) is 12.0. The van der Waals surface area contributed by atoms with Crippen LogP contribution in [0, 0.1) is 0 Å². The predicted molar refractivity (Wildman–Crippen MR) is 131 cm³/mol. The molecule has 0 heterocycles. The molecule has 0 aliphatic rings. The Morgan fingerprint density at radius 2 is 1.00 bits per heavy atom. The summed E-state index contributed by atoms with van der Waals surface area (Å²) in [6, 6.07) is 40.1. The van der Waals surface area contributed by atoms with Crippen molar-refractivity contribution in [3.8, 4) is 0 Å². The Bertz CT molecular complexity index is 1090. The van der Waals surface area contributed by atoms with Gasteiger partial charge >= 0.3 is 0 Å². The molecule has 0 aliphatic carbocycles. The maximum Gasteiger partial charge on any atom is 0.165 e. The molecule has 0 bridgehead atoms. The SMILES string of the molecule is C/C(=C\P(=O)(c1ccccc1)c1ccccc1)NC(c1ccccc1)c1ccccc1. The molecule has 1 N–H and O–H groups in total. The second-order valence-electron chi connectivity index (χ2n) is 7.54. The molecule has 0 atom stereocenters. The molecule has 4 rings (SSSR count). The first-order valence-electron chi connectivity index (χ1n) is 10.4. The lowest BCUT2D eigenvalue weighted by molar-refractivity contribution is 0.591. The lowest BCUT2D eigenvalue weighted by Gasteiger charge is -2.23. The van der Waals surface area contributed by atoms with Crippen molar-refractivity contribution >= 4 is 17.8 Å². The first-order valence-corrected chi connectivity index (χ1v) is 12.2. The summed E-state index contributed by atoms with van der Waals surface area (Å²) >= 11 is 0. The largest absolute Gasteiger partial charge is 0.378 e. The monoisotopic (exact) mass is 423 g/mol. The van der Waals surface area contributed by atoms with Gasteiger partial charge in [-0.1, -0.05) is 121 Å². The van der Waals surface area contributed by atoms with Crippen molar-refractivity contribution in [2.45, 2.75) is 13.0 Å². The number of rotatable bonds is 7. The molecule has 4 aromatic rings. The molecule has 31 heavy (non-hydrogen) atoms. The van der Waals surface area contributed by atoms with Crippen molar-refractivity contribution in [2.24, 2.45) is 0 Å². The fourth-order valence-electron chi connectivity index (χ4n) is 3.78. The van der Waals surface area contributed by atoms with E-state index in [0.29, 0.717) is 0 Å². The second-order valence-corrected chi connectivity index (χ2v) is 10.1. The third kappa shape index (κ3) is 4.87. The van der Waals surface area contributed by atoms with Crippen molar-refractivity contribution in [1.29, 1.82) is 0 Å². The van der Waals surface area contributed by atoms with Gasteiger partial charge in [0.15, 0.2) is 7.14 Å². The van der Waals surface area contributed by atoms with E-state index in [1.54, 1.807) is 0 Å². The predicted octanol–water partition coefficient (Wildman–Crippen LogP) is 6.24. The van der Waals surface area contributed by atoms with Crippen molar-refractivity contribution in [3.05, 3.63) is 144 Å². The summed E-state index contributed by atoms with van der Waals surface area (Å²) in [6.45, 7) is 2.00. The molecule has 3 heteroatoms. The van der Waals surface area contributed by atoms with Crippen LogP contribution in [-0.4, -0.2) is 0 Å². The van der Waals surface area contributed by atoms with Crippen molar-refractivity contribution in [1.82, 2.24) is 5.32 Å². The zero-order valence-electron chi connectivity index (χ0n) is 17.6. The average molecular weight is 423 g/mol. The van der Waals surface area contributed by atoms with E-state index in [-0.39, 0.29) is 6.04 Å². The fraction of sp³-hybridized carbons (Fsp3) is 0.0714. The molecule has 0 unspecified atom stereocenters. The van der Waals surface area contributed by atoms with Crippen LogP contribution in [0.3, 0.4) is 0 Å². The van der Waals surface area contributed by atoms with Crippen LogP contribution in [0.1, 0.15) is 24.1 Å². The summed E-state index contributed by atoms with van der Waals surface area (Å²) in [6.07, 6.45) is 0. The van der Waals surface area contributed by atoms with E-state index in [4.69, 9.17) is 0 Å². The molecule has 0 spiro atoms. The van der Waals surface area contributed by atoms with E-state index in [9.17, 15) is 4.57 Å². The van der Waals surface area contributed by atoms with Gasteiger partial charge in [-0.2, -0.15) is 0 Å². The van der Waals surface area contributed by atoms with E-state index in [1.165, 1.54) is 0 Å². The zero-order valence-corrected chi connectivity index (χ0v) is 18.5. The number of allylic oxidation sites excluding steroid dienone is 1. The highest BCUT2D eigenvalue weighted by Crippen LogP contribution is 2.46. The number of nitrogens with one attached hydrogen (secondary N) is 1. The molecule has 0 aliphatic heterocycles. The van der Waals surface area contributed by atoms with Crippen LogP contribution in [0.4, 0.5) is 0 Å². The van der Waals surface area contributed by atoms with Crippen molar-refractivity contribution in [2.75, 3.05) is 0 Å². The highest BCUT2D eigenvalue weighted by molar-refractivity contribution is 7.81. The van der Waals surface area contributed by atoms with Gasteiger partial charge in [0.2, 0.25) is 0 Å². The second kappa shape index (κ2) is 9.64. The van der Waals surface area contributed by atoms with Gasteiger partial charge in [0, 0.05) is 22.1 Å².